The van der Waals surface area contributed by atoms with Gasteiger partial charge in [-0.1, -0.05) is 11.6 Å². The van der Waals surface area contributed by atoms with Crippen LogP contribution in [-0.4, -0.2) is 38.8 Å². The second kappa shape index (κ2) is 12.2. The lowest BCUT2D eigenvalue weighted by molar-refractivity contribution is -0.145. The first-order chi connectivity index (χ1) is 15.4. The zero-order valence-corrected chi connectivity index (χ0v) is 18.7. The second-order valence-electron chi connectivity index (χ2n) is 6.21. The Labute approximate surface area is 191 Å². The van der Waals surface area contributed by atoms with Crippen LogP contribution in [0.5, 0.6) is 17.2 Å². The van der Waals surface area contributed by atoms with Gasteiger partial charge in [0.15, 0.2) is 18.1 Å². The highest BCUT2D eigenvalue weighted by molar-refractivity contribution is 6.32. The first-order valence-electron chi connectivity index (χ1n) is 9.73. The van der Waals surface area contributed by atoms with Gasteiger partial charge in [0.25, 0.3) is 5.91 Å². The number of nitrogens with zero attached hydrogens (tertiary/aromatic N) is 1. The summed E-state index contributed by atoms with van der Waals surface area (Å²) in [6.07, 6.45) is 1.37. The summed E-state index contributed by atoms with van der Waals surface area (Å²) < 4.78 is 20.9. The van der Waals surface area contributed by atoms with Crippen LogP contribution in [0.4, 0.5) is 5.69 Å². The van der Waals surface area contributed by atoms with Crippen LogP contribution >= 0.6 is 11.6 Å². The molecule has 0 aliphatic carbocycles. The lowest BCUT2D eigenvalue weighted by Crippen LogP contribution is -2.15. The third-order valence-electron chi connectivity index (χ3n) is 3.99. The molecule has 0 spiro atoms. The van der Waals surface area contributed by atoms with Crippen molar-refractivity contribution in [3.8, 4) is 23.3 Å². The molecule has 2 aromatic carbocycles. The number of anilines is 1. The standard InChI is InChI=1S/C23H23ClN2O6/c1-4-30-18-8-6-17(7-9-18)26-23(28)16(13-25)10-15-11-19(24)22(20(12-15)29-3)32-14-21(27)31-5-2/h6-12H,4-5,14H2,1-3H3,(H,26,28)/b16-10-. The zero-order chi connectivity index (χ0) is 23.5. The molecule has 0 aliphatic rings. The van der Waals surface area contributed by atoms with E-state index in [9.17, 15) is 14.9 Å². The Bertz CT molecular complexity index is 1030. The van der Waals surface area contributed by atoms with Gasteiger partial charge in [-0.05, 0) is 61.9 Å². The van der Waals surface area contributed by atoms with Crippen molar-refractivity contribution in [1.29, 1.82) is 5.26 Å². The predicted octanol–water partition coefficient (Wildman–Crippen LogP) is 4.23. The Morgan fingerprint density at radius 3 is 2.44 bits per heavy atom. The largest absolute Gasteiger partial charge is 0.494 e. The number of carbonyl (C=O) groups excluding carboxylic acids is 2. The summed E-state index contributed by atoms with van der Waals surface area (Å²) in [4.78, 5) is 24.1. The van der Waals surface area contributed by atoms with Gasteiger partial charge in [0.2, 0.25) is 0 Å². The summed E-state index contributed by atoms with van der Waals surface area (Å²) in [5.74, 6) is -0.0794. The molecule has 2 aromatic rings. The van der Waals surface area contributed by atoms with Crippen LogP contribution in [-0.2, 0) is 14.3 Å². The van der Waals surface area contributed by atoms with E-state index in [1.165, 1.54) is 25.3 Å². The van der Waals surface area contributed by atoms with Gasteiger partial charge < -0.3 is 24.3 Å². The molecular weight excluding hydrogens is 436 g/mol. The maximum atomic E-state index is 12.5. The number of amides is 1. The van der Waals surface area contributed by atoms with Gasteiger partial charge >= 0.3 is 5.97 Å². The van der Waals surface area contributed by atoms with E-state index in [0.717, 1.165) is 0 Å². The number of nitrogens with one attached hydrogen (secondary N) is 1. The lowest BCUT2D eigenvalue weighted by Gasteiger charge is -2.13. The summed E-state index contributed by atoms with van der Waals surface area (Å²) in [7, 11) is 1.40. The van der Waals surface area contributed by atoms with E-state index in [1.807, 2.05) is 13.0 Å². The fourth-order valence-corrected chi connectivity index (χ4v) is 2.89. The van der Waals surface area contributed by atoms with E-state index in [1.54, 1.807) is 31.2 Å². The Kier molecular flexibility index (Phi) is 9.39. The molecule has 0 aliphatic heterocycles. The van der Waals surface area contributed by atoms with Crippen LogP contribution in [0.15, 0.2) is 42.0 Å². The number of ether oxygens (including phenoxy) is 4. The molecular formula is C23H23ClN2O6. The molecule has 1 N–H and O–H groups in total. The van der Waals surface area contributed by atoms with Crippen molar-refractivity contribution in [2.75, 3.05) is 32.2 Å². The quantitative estimate of drug-likeness (QED) is 0.322. The molecule has 0 radical (unpaired) electrons. The van der Waals surface area contributed by atoms with E-state index in [2.05, 4.69) is 5.32 Å². The molecule has 0 unspecified atom stereocenters. The van der Waals surface area contributed by atoms with Crippen molar-refractivity contribution >= 4 is 35.2 Å². The van der Waals surface area contributed by atoms with Gasteiger partial charge in [-0.15, -0.1) is 0 Å². The van der Waals surface area contributed by atoms with Crippen molar-refractivity contribution < 1.29 is 28.5 Å². The van der Waals surface area contributed by atoms with Gasteiger partial charge in [-0.2, -0.15) is 5.26 Å². The van der Waals surface area contributed by atoms with E-state index < -0.39 is 11.9 Å². The molecule has 168 valence electrons. The second-order valence-corrected chi connectivity index (χ2v) is 6.62. The Balaban J connectivity index is 2.20. The van der Waals surface area contributed by atoms with Gasteiger partial charge in [-0.25, -0.2) is 4.79 Å². The number of esters is 1. The topological polar surface area (TPSA) is 107 Å². The van der Waals surface area contributed by atoms with Gasteiger partial charge in [0.05, 0.1) is 25.3 Å². The molecule has 0 saturated heterocycles. The number of rotatable bonds is 10. The molecule has 2 rings (SSSR count). The highest BCUT2D eigenvalue weighted by atomic mass is 35.5. The highest BCUT2D eigenvalue weighted by Gasteiger charge is 2.16. The molecule has 8 nitrogen and oxygen atoms in total. The molecule has 9 heteroatoms. The number of hydrogen-bond acceptors (Lipinski definition) is 7. The predicted molar refractivity (Wildman–Crippen MR) is 120 cm³/mol. The SMILES string of the molecule is CCOC(=O)COc1c(Cl)cc(/C=C(/C#N)C(=O)Nc2ccc(OCC)cc2)cc1OC. The minimum Gasteiger partial charge on any atom is -0.494 e. The summed E-state index contributed by atoms with van der Waals surface area (Å²) in [5, 5.41) is 12.3. The molecule has 32 heavy (non-hydrogen) atoms. The van der Waals surface area contributed by atoms with Crippen LogP contribution in [0.1, 0.15) is 19.4 Å². The molecule has 0 bridgehead atoms. The minimum atomic E-state index is -0.589. The number of carbonyl (C=O) groups is 2. The minimum absolute atomic E-state index is 0.141. The molecule has 1 amide bonds. The monoisotopic (exact) mass is 458 g/mol. The van der Waals surface area contributed by atoms with Gasteiger partial charge in [0, 0.05) is 5.69 Å². The van der Waals surface area contributed by atoms with Crippen molar-refractivity contribution in [2.45, 2.75) is 13.8 Å². The molecule has 0 saturated carbocycles. The third-order valence-corrected chi connectivity index (χ3v) is 4.27. The maximum Gasteiger partial charge on any atom is 0.344 e. The van der Waals surface area contributed by atoms with Crippen LogP contribution in [0, 0.1) is 11.3 Å². The van der Waals surface area contributed by atoms with Crippen molar-refractivity contribution in [2.24, 2.45) is 0 Å². The highest BCUT2D eigenvalue weighted by Crippen LogP contribution is 2.37. The molecule has 0 aromatic heterocycles. The average molecular weight is 459 g/mol. The maximum absolute atomic E-state index is 12.5. The summed E-state index contributed by atoms with van der Waals surface area (Å²) in [6, 6.07) is 11.7. The van der Waals surface area contributed by atoms with Crippen molar-refractivity contribution in [3.05, 3.63) is 52.6 Å². The smallest absolute Gasteiger partial charge is 0.344 e. The Morgan fingerprint density at radius 1 is 1.12 bits per heavy atom. The van der Waals surface area contributed by atoms with Crippen LogP contribution < -0.4 is 19.5 Å². The normalized spacial score (nSPS) is 10.7. The Morgan fingerprint density at radius 2 is 1.84 bits per heavy atom. The molecule has 0 fully saturated rings. The van der Waals surface area contributed by atoms with Crippen LogP contribution in [0.2, 0.25) is 5.02 Å². The van der Waals surface area contributed by atoms with E-state index in [4.69, 9.17) is 30.5 Å². The summed E-state index contributed by atoms with van der Waals surface area (Å²) >= 11 is 6.27. The van der Waals surface area contributed by atoms with Gasteiger partial charge in [-0.3, -0.25) is 4.79 Å². The van der Waals surface area contributed by atoms with Gasteiger partial charge in [0.1, 0.15) is 17.4 Å². The third kappa shape index (κ3) is 6.93. The summed E-state index contributed by atoms with van der Waals surface area (Å²) in [6.45, 7) is 3.98. The molecule has 0 heterocycles. The van der Waals surface area contributed by atoms with Crippen LogP contribution in [0.25, 0.3) is 6.08 Å². The summed E-state index contributed by atoms with van der Waals surface area (Å²) in [5.41, 5.74) is 0.809. The first kappa shape index (κ1) is 24.6. The fourth-order valence-electron chi connectivity index (χ4n) is 2.61. The lowest BCUT2D eigenvalue weighted by atomic mass is 10.1. The number of benzene rings is 2. The molecule has 0 atom stereocenters. The fraction of sp³-hybridized carbons (Fsp3) is 0.261. The number of halogens is 1. The number of methoxy groups -OCH3 is 1. The van der Waals surface area contributed by atoms with Crippen molar-refractivity contribution in [1.82, 2.24) is 0 Å². The van der Waals surface area contributed by atoms with E-state index in [0.29, 0.717) is 23.6 Å². The van der Waals surface area contributed by atoms with Crippen molar-refractivity contribution in [3.63, 3.8) is 0 Å². The number of hydrogen-bond donors (Lipinski definition) is 1. The van der Waals surface area contributed by atoms with E-state index >= 15 is 0 Å². The first-order valence-corrected chi connectivity index (χ1v) is 10.1. The Hall–Kier alpha value is -3.70. The van der Waals surface area contributed by atoms with Crippen LogP contribution in [0.3, 0.4) is 0 Å². The number of nitriles is 1. The zero-order valence-electron chi connectivity index (χ0n) is 17.9. The average Bonchev–Trinajstić information content (AvgIpc) is 2.78. The van der Waals surface area contributed by atoms with E-state index in [-0.39, 0.29) is 35.3 Å².